The number of piperazine rings is 1. The molecule has 1 saturated heterocycles. The second-order valence-electron chi connectivity index (χ2n) is 8.99. The molecule has 0 spiro atoms. The number of carbonyl (C=O) groups excluding carboxylic acids is 1. The molecule has 1 aliphatic heterocycles. The number of rotatable bonds is 7. The summed E-state index contributed by atoms with van der Waals surface area (Å²) in [6.45, 7) is 4.64. The highest BCUT2D eigenvalue weighted by atomic mass is 16.1. The monoisotopic (exact) mass is 439 g/mol. The highest BCUT2D eigenvalue weighted by Gasteiger charge is 2.23. The molecule has 0 aliphatic carbocycles. The minimum atomic E-state index is 0.0429. The lowest BCUT2D eigenvalue weighted by Gasteiger charge is -2.36. The lowest BCUT2D eigenvalue weighted by atomic mass is 9.96. The number of hydrogen-bond donors (Lipinski definition) is 0. The van der Waals surface area contributed by atoms with E-state index >= 15 is 0 Å². The van der Waals surface area contributed by atoms with Crippen molar-refractivity contribution in [2.45, 2.75) is 6.54 Å². The molecular formula is C29H33N3O. The summed E-state index contributed by atoms with van der Waals surface area (Å²) in [5.74, 6) is 0.0429. The molecule has 1 aliphatic rings. The fourth-order valence-electron chi connectivity index (χ4n) is 4.40. The Hall–Kier alpha value is -3.21. The average molecular weight is 440 g/mol. The largest absolute Gasteiger partial charge is 0.368 e. The first kappa shape index (κ1) is 23.0. The lowest BCUT2D eigenvalue weighted by molar-refractivity contribution is 0.104. The van der Waals surface area contributed by atoms with Crippen LogP contribution in [0.1, 0.15) is 21.5 Å². The summed E-state index contributed by atoms with van der Waals surface area (Å²) in [6.07, 6.45) is 3.70. The molecule has 170 valence electrons. The summed E-state index contributed by atoms with van der Waals surface area (Å²) in [6, 6.07) is 24.8. The fraction of sp³-hybridized carbons (Fsp3) is 0.276. The van der Waals surface area contributed by atoms with Crippen molar-refractivity contribution in [2.75, 3.05) is 52.2 Å². The van der Waals surface area contributed by atoms with Crippen LogP contribution in [0.3, 0.4) is 0 Å². The third-order valence-electron chi connectivity index (χ3n) is 6.16. The van der Waals surface area contributed by atoms with Crippen LogP contribution in [-0.4, -0.2) is 62.9 Å². The molecule has 0 radical (unpaired) electrons. The van der Waals surface area contributed by atoms with Crippen LogP contribution in [0, 0.1) is 0 Å². The third-order valence-corrected chi connectivity index (χ3v) is 6.16. The van der Waals surface area contributed by atoms with E-state index in [1.807, 2.05) is 36.4 Å². The second-order valence-corrected chi connectivity index (χ2v) is 8.99. The van der Waals surface area contributed by atoms with Gasteiger partial charge in [-0.25, -0.2) is 0 Å². The van der Waals surface area contributed by atoms with Gasteiger partial charge in [0.05, 0.1) is 5.69 Å². The van der Waals surface area contributed by atoms with Crippen LogP contribution in [0.15, 0.2) is 78.9 Å². The standard InChI is InChI=1S/C29H33N3O/c1-30(2)22-25-13-8-7-10-23(25)16-17-28(33)27-15-9-14-26(24-11-5-4-6-12-24)29(27)32-20-18-31(3)19-21-32/h4-17H,18-22H2,1-3H3. The summed E-state index contributed by atoms with van der Waals surface area (Å²) >= 11 is 0. The van der Waals surface area contributed by atoms with Gasteiger partial charge in [-0.05, 0) is 50.0 Å². The maximum atomic E-state index is 13.5. The molecule has 0 N–H and O–H groups in total. The summed E-state index contributed by atoms with van der Waals surface area (Å²) in [4.78, 5) is 20.4. The molecule has 1 heterocycles. The smallest absolute Gasteiger partial charge is 0.187 e. The molecule has 0 amide bonds. The zero-order valence-corrected chi connectivity index (χ0v) is 19.9. The molecule has 4 heteroatoms. The number of carbonyl (C=O) groups is 1. The number of para-hydroxylation sites is 1. The van der Waals surface area contributed by atoms with Crippen LogP contribution in [0.4, 0.5) is 5.69 Å². The van der Waals surface area contributed by atoms with E-state index in [2.05, 4.69) is 78.3 Å². The van der Waals surface area contributed by atoms with Crippen molar-refractivity contribution < 1.29 is 4.79 Å². The Bertz CT molecular complexity index is 1110. The van der Waals surface area contributed by atoms with E-state index in [4.69, 9.17) is 0 Å². The van der Waals surface area contributed by atoms with Gasteiger partial charge in [-0.15, -0.1) is 0 Å². The predicted molar refractivity (Wildman–Crippen MR) is 139 cm³/mol. The zero-order chi connectivity index (χ0) is 23.2. The molecule has 0 aromatic heterocycles. The Balaban J connectivity index is 1.71. The first-order valence-corrected chi connectivity index (χ1v) is 11.6. The van der Waals surface area contributed by atoms with Crippen molar-refractivity contribution in [2.24, 2.45) is 0 Å². The van der Waals surface area contributed by atoms with Gasteiger partial charge in [0.15, 0.2) is 5.78 Å². The summed E-state index contributed by atoms with van der Waals surface area (Å²) in [5, 5.41) is 0. The van der Waals surface area contributed by atoms with Crippen LogP contribution >= 0.6 is 0 Å². The Morgan fingerprint density at radius 3 is 2.30 bits per heavy atom. The number of allylic oxidation sites excluding steroid dienone is 1. The van der Waals surface area contributed by atoms with Crippen molar-refractivity contribution in [1.82, 2.24) is 9.80 Å². The molecule has 4 nitrogen and oxygen atoms in total. The number of anilines is 1. The Labute approximate surface area is 197 Å². The normalized spacial score (nSPS) is 14.8. The molecule has 33 heavy (non-hydrogen) atoms. The van der Waals surface area contributed by atoms with Crippen LogP contribution in [0.25, 0.3) is 17.2 Å². The Kier molecular flexibility index (Phi) is 7.38. The quantitative estimate of drug-likeness (QED) is 0.380. The highest BCUT2D eigenvalue weighted by molar-refractivity contribution is 6.12. The van der Waals surface area contributed by atoms with Crippen molar-refractivity contribution in [1.29, 1.82) is 0 Å². The van der Waals surface area contributed by atoms with Crippen LogP contribution < -0.4 is 4.90 Å². The number of hydrogen-bond acceptors (Lipinski definition) is 4. The van der Waals surface area contributed by atoms with Gasteiger partial charge in [-0.3, -0.25) is 4.79 Å². The summed E-state index contributed by atoms with van der Waals surface area (Å²) in [7, 11) is 6.27. The maximum absolute atomic E-state index is 13.5. The predicted octanol–water partition coefficient (Wildman–Crippen LogP) is 5.06. The maximum Gasteiger partial charge on any atom is 0.187 e. The van der Waals surface area contributed by atoms with Crippen molar-refractivity contribution in [3.05, 3.63) is 95.6 Å². The lowest BCUT2D eigenvalue weighted by Crippen LogP contribution is -2.45. The Morgan fingerprint density at radius 1 is 0.879 bits per heavy atom. The average Bonchev–Trinajstić information content (AvgIpc) is 2.83. The number of benzene rings is 3. The Morgan fingerprint density at radius 2 is 1.58 bits per heavy atom. The van der Waals surface area contributed by atoms with Crippen molar-refractivity contribution >= 4 is 17.5 Å². The molecule has 4 rings (SSSR count). The fourth-order valence-corrected chi connectivity index (χ4v) is 4.40. The number of nitrogens with zero attached hydrogens (tertiary/aromatic N) is 3. The molecule has 3 aromatic carbocycles. The van der Waals surface area contributed by atoms with Crippen molar-refractivity contribution in [3.8, 4) is 11.1 Å². The zero-order valence-electron chi connectivity index (χ0n) is 19.9. The van der Waals surface area contributed by atoms with Gasteiger partial charge in [0.25, 0.3) is 0 Å². The van der Waals surface area contributed by atoms with Crippen LogP contribution in [-0.2, 0) is 6.54 Å². The molecule has 0 saturated carbocycles. The number of likely N-dealkylation sites (N-methyl/N-ethyl adjacent to an activating group) is 1. The van der Waals surface area contributed by atoms with E-state index < -0.39 is 0 Å². The molecular weight excluding hydrogens is 406 g/mol. The molecule has 3 aromatic rings. The van der Waals surface area contributed by atoms with Crippen LogP contribution in [0.5, 0.6) is 0 Å². The second kappa shape index (κ2) is 10.6. The number of ketones is 1. The van der Waals surface area contributed by atoms with Gasteiger partial charge >= 0.3 is 0 Å². The molecule has 1 fully saturated rings. The van der Waals surface area contributed by atoms with E-state index in [1.54, 1.807) is 6.08 Å². The minimum Gasteiger partial charge on any atom is -0.368 e. The van der Waals surface area contributed by atoms with Crippen molar-refractivity contribution in [3.63, 3.8) is 0 Å². The van der Waals surface area contributed by atoms with Gasteiger partial charge in [-0.1, -0.05) is 72.8 Å². The SMILES string of the molecule is CN(C)Cc1ccccc1C=CC(=O)c1cccc(-c2ccccc2)c1N1CCN(C)CC1. The molecule has 0 bridgehead atoms. The van der Waals surface area contributed by atoms with E-state index in [0.29, 0.717) is 0 Å². The third kappa shape index (κ3) is 5.59. The van der Waals surface area contributed by atoms with Crippen LogP contribution in [0.2, 0.25) is 0 Å². The molecule has 0 atom stereocenters. The van der Waals surface area contributed by atoms with Gasteiger partial charge in [0, 0.05) is 43.9 Å². The first-order chi connectivity index (χ1) is 16.0. The van der Waals surface area contributed by atoms with Gasteiger partial charge in [0.2, 0.25) is 0 Å². The summed E-state index contributed by atoms with van der Waals surface area (Å²) in [5.41, 5.74) is 6.37. The first-order valence-electron chi connectivity index (χ1n) is 11.6. The van der Waals surface area contributed by atoms with E-state index in [-0.39, 0.29) is 5.78 Å². The van der Waals surface area contributed by atoms with E-state index in [1.165, 1.54) is 5.56 Å². The van der Waals surface area contributed by atoms with E-state index in [9.17, 15) is 4.79 Å². The highest BCUT2D eigenvalue weighted by Crippen LogP contribution is 2.35. The molecule has 0 unspecified atom stereocenters. The topological polar surface area (TPSA) is 26.8 Å². The minimum absolute atomic E-state index is 0.0429. The van der Waals surface area contributed by atoms with Gasteiger partial charge < -0.3 is 14.7 Å². The van der Waals surface area contributed by atoms with Gasteiger partial charge in [-0.2, -0.15) is 0 Å². The van der Waals surface area contributed by atoms with E-state index in [0.717, 1.165) is 60.7 Å². The summed E-state index contributed by atoms with van der Waals surface area (Å²) < 4.78 is 0. The van der Waals surface area contributed by atoms with Gasteiger partial charge in [0.1, 0.15) is 0 Å².